The molecule has 0 aliphatic rings. The van der Waals surface area contributed by atoms with Crippen molar-refractivity contribution >= 4 is 11.8 Å². The fourth-order valence-electron chi connectivity index (χ4n) is 1.34. The highest BCUT2D eigenvalue weighted by molar-refractivity contribution is 7.99. The Kier molecular flexibility index (Phi) is 3.40. The lowest BCUT2D eigenvalue weighted by Gasteiger charge is -2.05. The van der Waals surface area contributed by atoms with E-state index in [9.17, 15) is 8.78 Å². The van der Waals surface area contributed by atoms with E-state index in [0.29, 0.717) is 9.79 Å². The smallest absolute Gasteiger partial charge is 0.142 e. The molecule has 0 saturated heterocycles. The van der Waals surface area contributed by atoms with E-state index < -0.39 is 5.82 Å². The summed E-state index contributed by atoms with van der Waals surface area (Å²) in [6.45, 7) is 0. The molecule has 0 radical (unpaired) electrons. The van der Waals surface area contributed by atoms with Gasteiger partial charge in [-0.05, 0) is 24.3 Å². The quantitative estimate of drug-likeness (QED) is 0.801. The lowest BCUT2D eigenvalue weighted by molar-refractivity contribution is 0.601. The van der Waals surface area contributed by atoms with Crippen LogP contribution in [0, 0.1) is 23.0 Å². The average Bonchev–Trinajstić information content (AvgIpc) is 2.32. The predicted molar refractivity (Wildman–Crippen MR) is 61.6 cm³/mol. The zero-order chi connectivity index (χ0) is 12.3. The van der Waals surface area contributed by atoms with Gasteiger partial charge in [0.05, 0.1) is 0 Å². The maximum Gasteiger partial charge on any atom is 0.142 e. The highest BCUT2D eigenvalue weighted by Gasteiger charge is 2.10. The molecule has 17 heavy (non-hydrogen) atoms. The highest BCUT2D eigenvalue weighted by atomic mass is 32.2. The molecule has 2 rings (SSSR count). The largest absolute Gasteiger partial charge is 0.206 e. The van der Waals surface area contributed by atoms with Gasteiger partial charge in [-0.3, -0.25) is 0 Å². The summed E-state index contributed by atoms with van der Waals surface area (Å²) in [5.41, 5.74) is -0.0549. The maximum atomic E-state index is 13.4. The lowest BCUT2D eigenvalue weighted by Crippen LogP contribution is -1.88. The van der Waals surface area contributed by atoms with Crippen LogP contribution in [0.3, 0.4) is 0 Å². The molecule has 0 unspecified atom stereocenters. The number of hydrogen-bond donors (Lipinski definition) is 0. The Bertz CT molecular complexity index is 590. The Morgan fingerprint density at radius 1 is 0.882 bits per heavy atom. The Hall–Kier alpha value is -1.86. The van der Waals surface area contributed by atoms with Crippen molar-refractivity contribution in [2.75, 3.05) is 0 Å². The summed E-state index contributed by atoms with van der Waals surface area (Å²) in [5.74, 6) is -0.973. The van der Waals surface area contributed by atoms with Crippen LogP contribution in [0.25, 0.3) is 0 Å². The number of nitriles is 1. The number of nitrogens with zero attached hydrogens (tertiary/aromatic N) is 1. The Morgan fingerprint density at radius 3 is 2.24 bits per heavy atom. The Morgan fingerprint density at radius 2 is 1.53 bits per heavy atom. The van der Waals surface area contributed by atoms with E-state index in [1.807, 2.05) is 0 Å². The molecule has 0 aliphatic carbocycles. The minimum absolute atomic E-state index is 0.0549. The van der Waals surface area contributed by atoms with Gasteiger partial charge in [0.2, 0.25) is 0 Å². The second kappa shape index (κ2) is 4.98. The third kappa shape index (κ3) is 2.45. The fraction of sp³-hybridized carbons (Fsp3) is 0. The third-order valence-corrected chi connectivity index (χ3v) is 3.25. The first kappa shape index (κ1) is 11.6. The highest BCUT2D eigenvalue weighted by Crippen LogP contribution is 2.32. The molecule has 0 saturated carbocycles. The van der Waals surface area contributed by atoms with Crippen molar-refractivity contribution in [2.24, 2.45) is 0 Å². The number of halogens is 2. The summed E-state index contributed by atoms with van der Waals surface area (Å²) in [6.07, 6.45) is 0. The molecule has 0 atom stereocenters. The third-order valence-electron chi connectivity index (χ3n) is 2.14. The van der Waals surface area contributed by atoms with Crippen molar-refractivity contribution in [1.82, 2.24) is 0 Å². The van der Waals surface area contributed by atoms with Gasteiger partial charge >= 0.3 is 0 Å². The normalized spacial score (nSPS) is 9.94. The summed E-state index contributed by atoms with van der Waals surface area (Å²) >= 11 is 1.04. The Labute approximate surface area is 102 Å². The molecule has 0 bridgehead atoms. The summed E-state index contributed by atoms with van der Waals surface area (Å²) in [6, 6.07) is 12.3. The molecule has 2 aromatic carbocycles. The first-order chi connectivity index (χ1) is 8.22. The molecule has 0 fully saturated rings. The molecule has 0 N–H and O–H groups in total. The van der Waals surface area contributed by atoms with E-state index >= 15 is 0 Å². The average molecular weight is 247 g/mol. The van der Waals surface area contributed by atoms with Crippen molar-refractivity contribution in [2.45, 2.75) is 9.79 Å². The molecule has 0 aromatic heterocycles. The molecule has 0 aliphatic heterocycles. The molecule has 0 heterocycles. The van der Waals surface area contributed by atoms with Gasteiger partial charge < -0.3 is 0 Å². The van der Waals surface area contributed by atoms with Crippen LogP contribution in [0.4, 0.5) is 8.78 Å². The monoisotopic (exact) mass is 247 g/mol. The summed E-state index contributed by atoms with van der Waals surface area (Å²) in [5, 5.41) is 8.85. The standard InChI is InChI=1S/C13H7F2NS/c14-10-5-3-7-12(9(10)8-16)17-13-6-2-1-4-11(13)15/h1-7H. The van der Waals surface area contributed by atoms with Gasteiger partial charge in [0.1, 0.15) is 23.3 Å². The molecule has 0 amide bonds. The van der Waals surface area contributed by atoms with Gasteiger partial charge in [-0.2, -0.15) is 5.26 Å². The minimum Gasteiger partial charge on any atom is -0.206 e. The molecular weight excluding hydrogens is 240 g/mol. The van der Waals surface area contributed by atoms with Gasteiger partial charge in [-0.1, -0.05) is 30.0 Å². The van der Waals surface area contributed by atoms with Gasteiger partial charge in [-0.25, -0.2) is 8.78 Å². The zero-order valence-corrected chi connectivity index (χ0v) is 9.47. The van der Waals surface area contributed by atoms with Gasteiger partial charge in [0.25, 0.3) is 0 Å². The second-order valence-electron chi connectivity index (χ2n) is 3.26. The van der Waals surface area contributed by atoms with E-state index in [2.05, 4.69) is 0 Å². The Balaban J connectivity index is 2.41. The number of hydrogen-bond acceptors (Lipinski definition) is 2. The molecule has 4 heteroatoms. The fourth-order valence-corrected chi connectivity index (χ4v) is 2.28. The topological polar surface area (TPSA) is 23.8 Å². The van der Waals surface area contributed by atoms with Crippen LogP contribution >= 0.6 is 11.8 Å². The molecule has 84 valence electrons. The summed E-state index contributed by atoms with van der Waals surface area (Å²) in [7, 11) is 0. The van der Waals surface area contributed by atoms with E-state index in [0.717, 1.165) is 11.8 Å². The summed E-state index contributed by atoms with van der Waals surface area (Å²) in [4.78, 5) is 0.784. The van der Waals surface area contributed by atoms with Crippen LogP contribution in [-0.2, 0) is 0 Å². The van der Waals surface area contributed by atoms with Crippen LogP contribution in [0.5, 0.6) is 0 Å². The lowest BCUT2D eigenvalue weighted by atomic mass is 10.2. The van der Waals surface area contributed by atoms with Crippen molar-refractivity contribution in [3.05, 3.63) is 59.7 Å². The molecule has 0 spiro atoms. The van der Waals surface area contributed by atoms with Crippen LogP contribution in [0.1, 0.15) is 5.56 Å². The number of benzene rings is 2. The van der Waals surface area contributed by atoms with Crippen LogP contribution in [0.2, 0.25) is 0 Å². The maximum absolute atomic E-state index is 13.4. The predicted octanol–water partition coefficient (Wildman–Crippen LogP) is 3.99. The van der Waals surface area contributed by atoms with Crippen LogP contribution in [-0.4, -0.2) is 0 Å². The van der Waals surface area contributed by atoms with Crippen molar-refractivity contribution in [3.8, 4) is 6.07 Å². The van der Waals surface area contributed by atoms with E-state index in [1.54, 1.807) is 30.3 Å². The van der Waals surface area contributed by atoms with Gasteiger partial charge in [-0.15, -0.1) is 0 Å². The van der Waals surface area contributed by atoms with Gasteiger partial charge in [0, 0.05) is 9.79 Å². The van der Waals surface area contributed by atoms with Crippen molar-refractivity contribution in [1.29, 1.82) is 5.26 Å². The SMILES string of the molecule is N#Cc1c(F)cccc1Sc1ccccc1F. The molecular formula is C13H7F2NS. The van der Waals surface area contributed by atoms with E-state index in [-0.39, 0.29) is 11.4 Å². The summed E-state index contributed by atoms with van der Waals surface area (Å²) < 4.78 is 26.7. The van der Waals surface area contributed by atoms with E-state index in [4.69, 9.17) is 5.26 Å². The van der Waals surface area contributed by atoms with Crippen molar-refractivity contribution in [3.63, 3.8) is 0 Å². The molecule has 1 nitrogen and oxygen atoms in total. The first-order valence-corrected chi connectivity index (χ1v) is 5.65. The molecule has 2 aromatic rings. The van der Waals surface area contributed by atoms with Crippen molar-refractivity contribution < 1.29 is 8.78 Å². The van der Waals surface area contributed by atoms with Gasteiger partial charge in [0.15, 0.2) is 0 Å². The second-order valence-corrected chi connectivity index (χ2v) is 4.34. The minimum atomic E-state index is -0.589. The van der Waals surface area contributed by atoms with Crippen LogP contribution < -0.4 is 0 Å². The number of rotatable bonds is 2. The first-order valence-electron chi connectivity index (χ1n) is 4.83. The zero-order valence-electron chi connectivity index (χ0n) is 8.65. The van der Waals surface area contributed by atoms with Crippen LogP contribution in [0.15, 0.2) is 52.3 Å². The van der Waals surface area contributed by atoms with E-state index in [1.165, 1.54) is 18.2 Å².